The van der Waals surface area contributed by atoms with Gasteiger partial charge >= 0.3 is 11.9 Å². The molecule has 6 nitrogen and oxygen atoms in total. The van der Waals surface area contributed by atoms with Crippen molar-refractivity contribution in [3.05, 3.63) is 0 Å². The van der Waals surface area contributed by atoms with E-state index in [1.807, 2.05) is 6.92 Å². The fourth-order valence-electron chi connectivity index (χ4n) is 1.09. The lowest BCUT2D eigenvalue weighted by atomic mass is 10.0. The Kier molecular flexibility index (Phi) is 7.57. The number of aliphatic carboxylic acids is 2. The fourth-order valence-corrected chi connectivity index (χ4v) is 1.09. The third-order valence-electron chi connectivity index (χ3n) is 2.05. The van der Waals surface area contributed by atoms with Gasteiger partial charge in [0.25, 0.3) is 0 Å². The van der Waals surface area contributed by atoms with E-state index in [1.165, 1.54) is 0 Å². The van der Waals surface area contributed by atoms with Crippen molar-refractivity contribution in [2.75, 3.05) is 13.1 Å². The smallest absolute Gasteiger partial charge is 0.306 e. The standard InChI is InChI=1S/C9H18N2O4/c1-2-7(9(14)15)3-5-10-11-6-4-8(12)13/h7,10-11H,2-6H2,1H3,(H,12,13)(H,14,15). The first-order valence-corrected chi connectivity index (χ1v) is 4.98. The lowest BCUT2D eigenvalue weighted by Gasteiger charge is -2.10. The van der Waals surface area contributed by atoms with E-state index in [0.29, 0.717) is 25.9 Å². The third kappa shape index (κ3) is 7.90. The molecule has 6 heteroatoms. The van der Waals surface area contributed by atoms with E-state index >= 15 is 0 Å². The maximum atomic E-state index is 10.6. The van der Waals surface area contributed by atoms with E-state index in [0.717, 1.165) is 0 Å². The summed E-state index contributed by atoms with van der Waals surface area (Å²) in [7, 11) is 0. The van der Waals surface area contributed by atoms with Gasteiger partial charge in [0.2, 0.25) is 0 Å². The van der Waals surface area contributed by atoms with Gasteiger partial charge in [-0.25, -0.2) is 0 Å². The molecule has 0 aromatic rings. The maximum Gasteiger partial charge on any atom is 0.306 e. The molecule has 1 atom stereocenters. The molecular formula is C9H18N2O4. The van der Waals surface area contributed by atoms with Crippen LogP contribution in [0.4, 0.5) is 0 Å². The van der Waals surface area contributed by atoms with Crippen LogP contribution in [-0.4, -0.2) is 35.2 Å². The summed E-state index contributed by atoms with van der Waals surface area (Å²) in [6, 6.07) is 0. The van der Waals surface area contributed by atoms with Crippen molar-refractivity contribution >= 4 is 11.9 Å². The van der Waals surface area contributed by atoms with Crippen molar-refractivity contribution in [1.82, 2.24) is 10.9 Å². The second-order valence-corrected chi connectivity index (χ2v) is 3.23. The van der Waals surface area contributed by atoms with Crippen LogP contribution in [0.3, 0.4) is 0 Å². The Bertz CT molecular complexity index is 208. The normalized spacial score (nSPS) is 12.3. The molecule has 0 amide bonds. The Morgan fingerprint density at radius 2 is 1.80 bits per heavy atom. The highest BCUT2D eigenvalue weighted by Gasteiger charge is 2.13. The number of nitrogens with one attached hydrogen (secondary N) is 2. The van der Waals surface area contributed by atoms with E-state index in [-0.39, 0.29) is 12.3 Å². The van der Waals surface area contributed by atoms with Crippen molar-refractivity contribution in [3.8, 4) is 0 Å². The molecule has 0 radical (unpaired) electrons. The molecule has 0 aliphatic heterocycles. The monoisotopic (exact) mass is 218 g/mol. The van der Waals surface area contributed by atoms with Gasteiger partial charge in [0.1, 0.15) is 0 Å². The Balaban J connectivity index is 3.37. The van der Waals surface area contributed by atoms with Crippen LogP contribution >= 0.6 is 0 Å². The summed E-state index contributed by atoms with van der Waals surface area (Å²) in [5.74, 6) is -1.98. The minimum Gasteiger partial charge on any atom is -0.481 e. The molecule has 0 saturated carbocycles. The van der Waals surface area contributed by atoms with Crippen LogP contribution < -0.4 is 10.9 Å². The molecule has 88 valence electrons. The van der Waals surface area contributed by atoms with Crippen LogP contribution in [0.25, 0.3) is 0 Å². The Labute approximate surface area is 88.6 Å². The van der Waals surface area contributed by atoms with Crippen LogP contribution in [0.1, 0.15) is 26.2 Å². The summed E-state index contributed by atoms with van der Waals surface area (Å²) in [5, 5.41) is 17.0. The predicted molar refractivity (Wildman–Crippen MR) is 54.3 cm³/mol. The number of carboxylic acid groups (broad SMARTS) is 2. The number of hydrogen-bond acceptors (Lipinski definition) is 4. The van der Waals surface area contributed by atoms with Gasteiger partial charge in [-0.15, -0.1) is 0 Å². The van der Waals surface area contributed by atoms with Gasteiger partial charge in [-0.05, 0) is 12.8 Å². The number of carbonyl (C=O) groups is 2. The van der Waals surface area contributed by atoms with Gasteiger partial charge in [0.15, 0.2) is 0 Å². The van der Waals surface area contributed by atoms with Crippen molar-refractivity contribution in [2.45, 2.75) is 26.2 Å². The quantitative estimate of drug-likeness (QED) is 0.322. The largest absolute Gasteiger partial charge is 0.481 e. The first kappa shape index (κ1) is 13.9. The summed E-state index contributed by atoms with van der Waals surface area (Å²) < 4.78 is 0. The summed E-state index contributed by atoms with van der Waals surface area (Å²) in [4.78, 5) is 20.7. The molecule has 0 spiro atoms. The van der Waals surface area contributed by atoms with Gasteiger partial charge in [0.05, 0.1) is 12.3 Å². The lowest BCUT2D eigenvalue weighted by Crippen LogP contribution is -2.35. The molecule has 0 aliphatic rings. The van der Waals surface area contributed by atoms with Crippen LogP contribution in [0, 0.1) is 5.92 Å². The van der Waals surface area contributed by atoms with Crippen molar-refractivity contribution in [2.24, 2.45) is 5.92 Å². The SMILES string of the molecule is CCC(CCNNCCC(=O)O)C(=O)O. The number of hydrogen-bond donors (Lipinski definition) is 4. The molecule has 0 saturated heterocycles. The molecule has 0 fully saturated rings. The Morgan fingerprint density at radius 3 is 2.27 bits per heavy atom. The molecule has 0 aromatic heterocycles. The highest BCUT2D eigenvalue weighted by molar-refractivity contribution is 5.69. The van der Waals surface area contributed by atoms with Crippen LogP contribution in [0.5, 0.6) is 0 Å². The minimum absolute atomic E-state index is 0.0448. The Morgan fingerprint density at radius 1 is 1.20 bits per heavy atom. The molecular weight excluding hydrogens is 200 g/mol. The topological polar surface area (TPSA) is 98.7 Å². The van der Waals surface area contributed by atoms with Gasteiger partial charge in [-0.3, -0.25) is 20.4 Å². The van der Waals surface area contributed by atoms with E-state index in [1.54, 1.807) is 0 Å². The third-order valence-corrected chi connectivity index (χ3v) is 2.05. The maximum absolute atomic E-state index is 10.6. The van der Waals surface area contributed by atoms with Gasteiger partial charge < -0.3 is 10.2 Å². The zero-order valence-electron chi connectivity index (χ0n) is 8.82. The van der Waals surface area contributed by atoms with Crippen molar-refractivity contribution in [3.63, 3.8) is 0 Å². The zero-order valence-corrected chi connectivity index (χ0v) is 8.82. The first-order valence-electron chi connectivity index (χ1n) is 4.98. The molecule has 0 rings (SSSR count). The molecule has 15 heavy (non-hydrogen) atoms. The van der Waals surface area contributed by atoms with Gasteiger partial charge in [0, 0.05) is 13.1 Å². The molecule has 0 aromatic carbocycles. The average molecular weight is 218 g/mol. The molecule has 1 unspecified atom stereocenters. The summed E-state index contributed by atoms with van der Waals surface area (Å²) in [6.07, 6.45) is 1.18. The highest BCUT2D eigenvalue weighted by Crippen LogP contribution is 2.06. The van der Waals surface area contributed by atoms with Crippen LogP contribution in [-0.2, 0) is 9.59 Å². The lowest BCUT2D eigenvalue weighted by molar-refractivity contribution is -0.142. The molecule has 0 bridgehead atoms. The van der Waals surface area contributed by atoms with E-state index in [2.05, 4.69) is 10.9 Å². The summed E-state index contributed by atoms with van der Waals surface area (Å²) in [6.45, 7) is 2.68. The van der Waals surface area contributed by atoms with E-state index in [4.69, 9.17) is 10.2 Å². The highest BCUT2D eigenvalue weighted by atomic mass is 16.4. The van der Waals surface area contributed by atoms with Gasteiger partial charge in [-0.2, -0.15) is 0 Å². The minimum atomic E-state index is -0.860. The predicted octanol–water partition coefficient (Wildman–Crippen LogP) is 0.0562. The molecule has 0 aliphatic carbocycles. The number of hydrazine groups is 1. The molecule has 4 N–H and O–H groups in total. The van der Waals surface area contributed by atoms with Gasteiger partial charge in [-0.1, -0.05) is 6.92 Å². The second kappa shape index (κ2) is 8.19. The van der Waals surface area contributed by atoms with Crippen LogP contribution in [0.15, 0.2) is 0 Å². The van der Waals surface area contributed by atoms with E-state index in [9.17, 15) is 9.59 Å². The average Bonchev–Trinajstić information content (AvgIpc) is 2.15. The molecule has 0 heterocycles. The second-order valence-electron chi connectivity index (χ2n) is 3.23. The number of rotatable bonds is 9. The van der Waals surface area contributed by atoms with Crippen LogP contribution in [0.2, 0.25) is 0 Å². The Hall–Kier alpha value is -1.14. The zero-order chi connectivity index (χ0) is 11.7. The van der Waals surface area contributed by atoms with Crippen molar-refractivity contribution < 1.29 is 19.8 Å². The number of carboxylic acids is 2. The summed E-state index contributed by atoms with van der Waals surface area (Å²) >= 11 is 0. The van der Waals surface area contributed by atoms with Crippen molar-refractivity contribution in [1.29, 1.82) is 0 Å². The fraction of sp³-hybridized carbons (Fsp3) is 0.778. The first-order chi connectivity index (χ1) is 7.07. The summed E-state index contributed by atoms with van der Waals surface area (Å²) in [5.41, 5.74) is 5.50. The van der Waals surface area contributed by atoms with E-state index < -0.39 is 11.9 Å².